The third-order valence-corrected chi connectivity index (χ3v) is 26.7. The van der Waals surface area contributed by atoms with Gasteiger partial charge in [-0.25, -0.2) is 9.59 Å². The maximum atomic E-state index is 14.9. The van der Waals surface area contributed by atoms with Gasteiger partial charge in [0.2, 0.25) is 94.5 Å². The van der Waals surface area contributed by atoms with Crippen molar-refractivity contribution >= 4 is 154 Å². The van der Waals surface area contributed by atoms with Gasteiger partial charge in [-0.2, -0.15) is 11.8 Å². The molecule has 1 aromatic carbocycles. The first-order valence-corrected chi connectivity index (χ1v) is 53.5. The van der Waals surface area contributed by atoms with Crippen LogP contribution in [0, 0.1) is 5.92 Å². The van der Waals surface area contributed by atoms with Crippen LogP contribution in [0.25, 0.3) is 0 Å². The molecule has 22 N–H and O–H groups in total. The molecule has 0 radical (unpaired) electrons. The number of fused-ring (bicyclic) bond motifs is 1. The molecule has 19 amide bonds. The van der Waals surface area contributed by atoms with E-state index in [0.717, 1.165) is 57.1 Å². The van der Waals surface area contributed by atoms with Crippen LogP contribution in [0.1, 0.15) is 285 Å². The van der Waals surface area contributed by atoms with E-state index in [-0.39, 0.29) is 259 Å². The highest BCUT2D eigenvalue weighted by molar-refractivity contribution is 8.00. The fourth-order valence-electron chi connectivity index (χ4n) is 16.4. The number of rotatable bonds is 72. The van der Waals surface area contributed by atoms with Crippen molar-refractivity contribution in [3.8, 4) is 5.75 Å². The molecule has 3 saturated heterocycles. The van der Waals surface area contributed by atoms with Crippen LogP contribution < -0.4 is 100 Å². The lowest BCUT2D eigenvalue weighted by molar-refractivity contribution is -0.138. The molecule has 10 atom stereocenters. The van der Waals surface area contributed by atoms with Crippen molar-refractivity contribution in [2.24, 2.45) is 5.92 Å². The van der Waals surface area contributed by atoms with Gasteiger partial charge in [0.25, 0.3) is 0 Å². The maximum Gasteiger partial charge on any atom is 0.411 e. The topological polar surface area (TPSA) is 695 Å². The van der Waals surface area contributed by atoms with E-state index in [1.165, 1.54) is 16.7 Å². The van der Waals surface area contributed by atoms with Crippen LogP contribution >= 0.6 is 23.5 Å². The number of unbranched alkanes of at least 4 members (excludes halogenated alkanes) is 6. The number of amides is 19. The zero-order valence-electron chi connectivity index (χ0n) is 85.6. The summed E-state index contributed by atoms with van der Waals surface area (Å²) in [4.78, 5) is 289. The largest absolute Gasteiger partial charge is 0.488 e. The molecule has 47 nitrogen and oxygen atoms in total. The van der Waals surface area contributed by atoms with E-state index in [9.17, 15) is 111 Å². The molecule has 0 aromatic heterocycles. The second kappa shape index (κ2) is 69.0. The Kier molecular flexibility index (Phi) is 58.7. The summed E-state index contributed by atoms with van der Waals surface area (Å²) in [5.41, 5.74) is -0.757. The van der Waals surface area contributed by atoms with Gasteiger partial charge in [-0.15, -0.1) is 11.8 Å². The molecular weight excluding hydrogens is 1960 g/mol. The Labute approximate surface area is 866 Å². The monoisotopic (exact) mass is 2110 g/mol. The molecule has 5 rings (SSSR count). The Hall–Kier alpha value is -12.3. The molecule has 49 heteroatoms. The van der Waals surface area contributed by atoms with Crippen LogP contribution in [-0.2, 0) is 107 Å². The average molecular weight is 2110 g/mol. The predicted octanol–water partition coefficient (Wildman–Crippen LogP) is 2.35. The molecule has 4 aliphatic rings. The third kappa shape index (κ3) is 55.9. The number of carboxylic acid groups (broad SMARTS) is 4. The van der Waals surface area contributed by atoms with Crippen molar-refractivity contribution in [1.82, 2.24) is 101 Å². The van der Waals surface area contributed by atoms with Gasteiger partial charge < -0.3 is 126 Å². The minimum atomic E-state index is -1.48. The van der Waals surface area contributed by atoms with Gasteiger partial charge in [-0.3, -0.25) is 101 Å². The van der Waals surface area contributed by atoms with Gasteiger partial charge in [0.05, 0.1) is 44.1 Å². The number of thioether (sulfide) groups is 2. The molecule has 3 heterocycles. The smallest absolute Gasteiger partial charge is 0.411 e. The lowest BCUT2D eigenvalue weighted by atomic mass is 9.99. The SMILES string of the molecule is CC(C)(C)OC(=O)N1CSC[C@H]1C(=O)NCC(=O)N[C@@H](CCCCNC(=O)[C@H](CCCCNC(=O)CNC(=O)[C@H](CCCCNC(=O)CCCC(=O)O)NC(=O)CCCC(=O)O)NC(=O)CNC(=O)C(CCCCNC(=O)CCCC(=O)O)NC(=O)CCCC(=O)O)C(=O)NCC(=O)N[C@@H](CCCCNC(=O)CCCC[C@@H]1SCC2NC(=O)NC21)C(=O)NC(Cc1ccc(OC(C)(C)C)cc1)C(=O)NCC1CCCCCC1. The Balaban J connectivity index is 1.35. The third-order valence-electron chi connectivity index (χ3n) is 24.2. The molecule has 0 spiro atoms. The molecular formula is C98H157N19O28S2. The second-order valence-electron chi connectivity index (χ2n) is 39.2. The first-order chi connectivity index (χ1) is 69.9. The normalized spacial score (nSPS) is 16.6. The van der Waals surface area contributed by atoms with Crippen LogP contribution in [0.3, 0.4) is 0 Å². The summed E-state index contributed by atoms with van der Waals surface area (Å²) in [5.74, 6) is -13.5. The fourth-order valence-corrected chi connectivity index (χ4v) is 19.1. The Morgan fingerprint density at radius 1 is 0.381 bits per heavy atom. The number of urea groups is 1. The maximum absolute atomic E-state index is 14.9. The number of nitrogens with one attached hydrogen (secondary N) is 18. The zero-order valence-corrected chi connectivity index (χ0v) is 87.2. The van der Waals surface area contributed by atoms with E-state index in [2.05, 4.69) is 95.7 Å². The van der Waals surface area contributed by atoms with Gasteiger partial charge in [0.15, 0.2) is 0 Å². The quantitative estimate of drug-likeness (QED) is 0.0253. The average Bonchev–Trinajstić information content (AvgIpc) is 1.66. The van der Waals surface area contributed by atoms with E-state index in [1.54, 1.807) is 56.8 Å². The summed E-state index contributed by atoms with van der Waals surface area (Å²) in [5, 5.41) is 85.0. The summed E-state index contributed by atoms with van der Waals surface area (Å²) in [6.45, 7) is 8.47. The highest BCUT2D eigenvalue weighted by Gasteiger charge is 2.43. The summed E-state index contributed by atoms with van der Waals surface area (Å²) in [6.07, 6.45) is 7.87. The first kappa shape index (κ1) is 125. The highest BCUT2D eigenvalue weighted by atomic mass is 32.2. The number of hydrogen-bond acceptors (Lipinski definition) is 26. The van der Waals surface area contributed by atoms with E-state index in [1.807, 2.05) is 20.8 Å². The second-order valence-corrected chi connectivity index (χ2v) is 41.5. The van der Waals surface area contributed by atoms with E-state index in [0.29, 0.717) is 37.1 Å². The fraction of sp³-hybridized carbons (Fsp3) is 0.714. The van der Waals surface area contributed by atoms with Gasteiger partial charge in [-0.05, 0) is 213 Å². The number of carbonyl (C=O) groups excluding carboxylic acids is 18. The van der Waals surface area contributed by atoms with Crippen LogP contribution in [0.15, 0.2) is 24.3 Å². The van der Waals surface area contributed by atoms with Crippen molar-refractivity contribution in [1.29, 1.82) is 0 Å². The number of nitrogens with zero attached hydrogens (tertiary/aromatic N) is 1. The van der Waals surface area contributed by atoms with Crippen molar-refractivity contribution in [2.75, 3.05) is 82.8 Å². The van der Waals surface area contributed by atoms with Crippen molar-refractivity contribution in [2.45, 2.75) is 356 Å². The summed E-state index contributed by atoms with van der Waals surface area (Å²) in [6, 6.07) is -1.85. The minimum absolute atomic E-state index is 0.0134. The predicted molar refractivity (Wildman–Crippen MR) is 542 cm³/mol. The molecule has 824 valence electrons. The van der Waals surface area contributed by atoms with Crippen molar-refractivity contribution in [3.05, 3.63) is 29.8 Å². The number of ether oxygens (including phenoxy) is 2. The van der Waals surface area contributed by atoms with E-state index in [4.69, 9.17) is 24.8 Å². The molecule has 0 bridgehead atoms. The summed E-state index contributed by atoms with van der Waals surface area (Å²) in [7, 11) is 0. The van der Waals surface area contributed by atoms with Crippen LogP contribution in [0.2, 0.25) is 0 Å². The molecule has 1 aromatic rings. The van der Waals surface area contributed by atoms with Crippen LogP contribution in [0.4, 0.5) is 9.59 Å². The van der Waals surface area contributed by atoms with E-state index >= 15 is 0 Å². The summed E-state index contributed by atoms with van der Waals surface area (Å²) >= 11 is 3.06. The van der Waals surface area contributed by atoms with Crippen molar-refractivity contribution < 1.29 is 135 Å². The van der Waals surface area contributed by atoms with Gasteiger partial charge in [0.1, 0.15) is 59.2 Å². The van der Waals surface area contributed by atoms with Gasteiger partial charge >= 0.3 is 36.0 Å². The Morgan fingerprint density at radius 2 is 0.762 bits per heavy atom. The van der Waals surface area contributed by atoms with Crippen molar-refractivity contribution in [3.63, 3.8) is 0 Å². The number of hydrogen-bond donors (Lipinski definition) is 22. The van der Waals surface area contributed by atoms with Gasteiger partial charge in [-0.1, -0.05) is 44.2 Å². The first-order valence-electron chi connectivity index (χ1n) is 51.3. The Morgan fingerprint density at radius 3 is 1.19 bits per heavy atom. The zero-order chi connectivity index (χ0) is 108. The number of carboxylic acids is 4. The Bertz CT molecular complexity index is 4500. The van der Waals surface area contributed by atoms with E-state index < -0.39 is 192 Å². The molecule has 1 aliphatic carbocycles. The molecule has 4 fully saturated rings. The molecule has 4 unspecified atom stereocenters. The number of carbonyl (C=O) groups is 22. The standard InChI is InChI=1S/C98H157N19O28S2/c1-97(2,3)144-64-46-44-62(45-47-64)53-70(92(139)104-54-63-27-9-7-8-10-28-63)114-93(140)69(33-16-20-48-99-74(118)35-12-11-34-73-87-71(59-147-73)115-95(142)116-87)113-81(125)57-107-91(138)68(112-82(126)58-108-94(141)72-60-146-61-117(72)96(143)145-98(4,5)6)32-17-22-52-103-88(135)65(111-80(124)56-106-90(137)67(110-78(122)39-26-43-86(133)134)31-14-19-50-101-76(120)37-24-41-84(129)130)29-15-21-51-102-79(123)55-105-89(136)66(109-77(121)38-25-42-85(131)132)30-13-18-49-100-75(119)36-23-40-83(127)128/h44-47,63,65-73,87H,7-43,48-61H2,1-6H3,(H,99,118)(H,100,119)(H,101,120)(H,102,123)(H,103,135)(H,104,139)(H,105,136)(H,106,137)(H,107,138)(H,108,141)(H,109,121)(H,110,122)(H,111,124)(H,112,126)(H,113,125)(H,114,140)(H,127,128)(H,129,130)(H,131,132)(H,133,134)(H2,115,116,142)/t65-,66-,67?,68-,69-,70?,71?,72-,73-,87?/m0/s1. The van der Waals surface area contributed by atoms with Crippen LogP contribution in [0.5, 0.6) is 5.75 Å². The molecule has 3 aliphatic heterocycles. The minimum Gasteiger partial charge on any atom is -0.488 e. The number of benzene rings is 1. The summed E-state index contributed by atoms with van der Waals surface area (Å²) < 4.78 is 11.6. The number of aliphatic carboxylic acids is 4. The lowest BCUT2D eigenvalue weighted by Crippen LogP contribution is -2.56. The lowest BCUT2D eigenvalue weighted by Gasteiger charge is -2.27. The highest BCUT2D eigenvalue weighted by Crippen LogP contribution is 2.34. The molecule has 1 saturated carbocycles. The molecule has 147 heavy (non-hydrogen) atoms. The van der Waals surface area contributed by atoms with Crippen LogP contribution in [-0.4, -0.2) is 310 Å². The van der Waals surface area contributed by atoms with Gasteiger partial charge in [0, 0.05) is 120 Å².